The van der Waals surface area contributed by atoms with Gasteiger partial charge in [0.05, 0.1) is 11.5 Å². The van der Waals surface area contributed by atoms with Gasteiger partial charge in [0.1, 0.15) is 5.75 Å². The number of sulfonamides is 1. The van der Waals surface area contributed by atoms with E-state index in [0.717, 1.165) is 5.56 Å². The largest absolute Gasteiger partial charge is 0.494 e. The zero-order valence-electron chi connectivity index (χ0n) is 15.0. The van der Waals surface area contributed by atoms with Crippen molar-refractivity contribution in [1.82, 2.24) is 9.62 Å². The lowest BCUT2D eigenvalue weighted by Gasteiger charge is -2.21. The van der Waals surface area contributed by atoms with Crippen LogP contribution in [0.4, 0.5) is 0 Å². The first-order valence-electron chi connectivity index (χ1n) is 8.44. The van der Waals surface area contributed by atoms with Crippen LogP contribution in [-0.4, -0.2) is 38.9 Å². The van der Waals surface area contributed by atoms with Gasteiger partial charge in [-0.1, -0.05) is 30.3 Å². The van der Waals surface area contributed by atoms with Gasteiger partial charge in [0, 0.05) is 26.6 Å². The normalized spacial score (nSPS) is 11.2. The lowest BCUT2D eigenvalue weighted by atomic mass is 10.2. The van der Waals surface area contributed by atoms with E-state index < -0.39 is 10.0 Å². The molecule has 0 aromatic heterocycles. The first-order valence-corrected chi connectivity index (χ1v) is 9.92. The van der Waals surface area contributed by atoms with Gasteiger partial charge in [-0.3, -0.25) is 4.79 Å². The first-order chi connectivity index (χ1) is 12.4. The van der Waals surface area contributed by atoms with Crippen LogP contribution >= 0.6 is 0 Å². The molecule has 0 bridgehead atoms. The van der Waals surface area contributed by atoms with Crippen LogP contribution in [0.2, 0.25) is 0 Å². The molecule has 0 fully saturated rings. The number of nitrogens with one attached hydrogen (secondary N) is 1. The van der Waals surface area contributed by atoms with Crippen LogP contribution in [0.5, 0.6) is 5.75 Å². The maximum atomic E-state index is 12.4. The Bertz CT molecular complexity index is 805. The van der Waals surface area contributed by atoms with E-state index in [1.807, 2.05) is 37.3 Å². The van der Waals surface area contributed by atoms with Crippen molar-refractivity contribution in [3.05, 3.63) is 60.2 Å². The highest BCUT2D eigenvalue weighted by Crippen LogP contribution is 2.15. The first kappa shape index (κ1) is 19.9. The van der Waals surface area contributed by atoms with Crippen molar-refractivity contribution >= 4 is 15.9 Å². The second kappa shape index (κ2) is 9.35. The summed E-state index contributed by atoms with van der Waals surface area (Å²) in [5.74, 6) is 0.520. The molecule has 2 aromatic rings. The Morgan fingerprint density at radius 1 is 1.08 bits per heavy atom. The summed E-state index contributed by atoms with van der Waals surface area (Å²) < 4.78 is 32.6. The van der Waals surface area contributed by atoms with Crippen molar-refractivity contribution in [2.75, 3.05) is 19.7 Å². The van der Waals surface area contributed by atoms with Crippen LogP contribution in [0, 0.1) is 0 Å². The molecule has 2 rings (SSSR count). The van der Waals surface area contributed by atoms with Gasteiger partial charge in [0.15, 0.2) is 0 Å². The Balaban J connectivity index is 1.93. The quantitative estimate of drug-likeness (QED) is 0.729. The number of hydrogen-bond donors (Lipinski definition) is 1. The number of nitrogens with zero attached hydrogens (tertiary/aromatic N) is 1. The Hall–Kier alpha value is -2.38. The molecule has 0 spiro atoms. The monoisotopic (exact) mass is 376 g/mol. The van der Waals surface area contributed by atoms with Crippen LogP contribution in [0.1, 0.15) is 19.4 Å². The van der Waals surface area contributed by atoms with E-state index in [9.17, 15) is 13.2 Å². The van der Waals surface area contributed by atoms with Crippen molar-refractivity contribution in [2.45, 2.75) is 25.3 Å². The third-order valence-corrected chi connectivity index (χ3v) is 5.26. The van der Waals surface area contributed by atoms with E-state index in [0.29, 0.717) is 25.4 Å². The van der Waals surface area contributed by atoms with Crippen molar-refractivity contribution in [3.8, 4) is 5.75 Å². The van der Waals surface area contributed by atoms with Gasteiger partial charge in [-0.15, -0.1) is 0 Å². The second-order valence-corrected chi connectivity index (χ2v) is 7.50. The van der Waals surface area contributed by atoms with Crippen LogP contribution in [-0.2, 0) is 21.4 Å². The van der Waals surface area contributed by atoms with Gasteiger partial charge in [0.25, 0.3) is 0 Å². The summed E-state index contributed by atoms with van der Waals surface area (Å²) in [5, 5.41) is 0. The Kier molecular flexibility index (Phi) is 7.17. The van der Waals surface area contributed by atoms with Gasteiger partial charge in [-0.2, -0.15) is 0 Å². The Morgan fingerprint density at radius 2 is 1.73 bits per heavy atom. The lowest BCUT2D eigenvalue weighted by molar-refractivity contribution is -0.129. The molecule has 0 heterocycles. The highest BCUT2D eigenvalue weighted by molar-refractivity contribution is 7.89. The Labute approximate surface area is 154 Å². The third-order valence-electron chi connectivity index (χ3n) is 3.78. The fraction of sp³-hybridized carbons (Fsp3) is 0.316. The number of ether oxygens (including phenoxy) is 1. The summed E-state index contributed by atoms with van der Waals surface area (Å²) in [6.07, 6.45) is 0. The number of amides is 1. The fourth-order valence-electron chi connectivity index (χ4n) is 2.43. The molecule has 0 saturated carbocycles. The summed E-state index contributed by atoms with van der Waals surface area (Å²) in [4.78, 5) is 13.6. The van der Waals surface area contributed by atoms with Crippen LogP contribution in [0.3, 0.4) is 0 Å². The van der Waals surface area contributed by atoms with E-state index >= 15 is 0 Å². The molecule has 1 N–H and O–H groups in total. The van der Waals surface area contributed by atoms with Crippen LogP contribution in [0.25, 0.3) is 0 Å². The van der Waals surface area contributed by atoms with Crippen molar-refractivity contribution in [1.29, 1.82) is 0 Å². The predicted molar refractivity (Wildman–Crippen MR) is 100 cm³/mol. The maximum absolute atomic E-state index is 12.4. The standard InChI is InChI=1S/C19H24N2O4S/c1-3-25-18-9-11-19(12-10-18)26(23,24)20-13-14-21(16(2)22)15-17-7-5-4-6-8-17/h4-12,20H,3,13-15H2,1-2H3. The van der Waals surface area contributed by atoms with Crippen LogP contribution < -0.4 is 9.46 Å². The molecule has 7 heteroatoms. The molecule has 6 nitrogen and oxygen atoms in total. The third kappa shape index (κ3) is 5.86. The second-order valence-electron chi connectivity index (χ2n) is 5.73. The summed E-state index contributed by atoms with van der Waals surface area (Å²) in [7, 11) is -3.63. The molecule has 0 aliphatic heterocycles. The van der Waals surface area contributed by atoms with Gasteiger partial charge < -0.3 is 9.64 Å². The summed E-state index contributed by atoms with van der Waals surface area (Å²) in [6, 6.07) is 15.8. The average molecular weight is 376 g/mol. The minimum atomic E-state index is -3.63. The maximum Gasteiger partial charge on any atom is 0.240 e. The summed E-state index contributed by atoms with van der Waals surface area (Å²) >= 11 is 0. The van der Waals surface area contributed by atoms with Gasteiger partial charge >= 0.3 is 0 Å². The van der Waals surface area contributed by atoms with E-state index in [2.05, 4.69) is 4.72 Å². The number of benzene rings is 2. The molecule has 140 valence electrons. The molecule has 2 aromatic carbocycles. The average Bonchev–Trinajstić information content (AvgIpc) is 2.62. The van der Waals surface area contributed by atoms with Crippen molar-refractivity contribution in [2.24, 2.45) is 0 Å². The number of carbonyl (C=O) groups excluding carboxylic acids is 1. The van der Waals surface area contributed by atoms with Crippen LogP contribution in [0.15, 0.2) is 59.5 Å². The fourth-order valence-corrected chi connectivity index (χ4v) is 3.45. The highest BCUT2D eigenvalue weighted by atomic mass is 32.2. The number of hydrogen-bond acceptors (Lipinski definition) is 4. The Morgan fingerprint density at radius 3 is 2.31 bits per heavy atom. The van der Waals surface area contributed by atoms with E-state index in [4.69, 9.17) is 4.74 Å². The molecule has 26 heavy (non-hydrogen) atoms. The number of rotatable bonds is 9. The van der Waals surface area contributed by atoms with Gasteiger partial charge in [0.2, 0.25) is 15.9 Å². The summed E-state index contributed by atoms with van der Waals surface area (Å²) in [6.45, 7) is 4.74. The molecule has 0 radical (unpaired) electrons. The molecule has 0 aliphatic rings. The molecule has 0 saturated heterocycles. The highest BCUT2D eigenvalue weighted by Gasteiger charge is 2.15. The molecule has 0 aliphatic carbocycles. The minimum Gasteiger partial charge on any atom is -0.494 e. The van der Waals surface area contributed by atoms with Crippen molar-refractivity contribution in [3.63, 3.8) is 0 Å². The zero-order valence-corrected chi connectivity index (χ0v) is 15.8. The van der Waals surface area contributed by atoms with Gasteiger partial charge in [-0.05, 0) is 36.8 Å². The van der Waals surface area contributed by atoms with Gasteiger partial charge in [-0.25, -0.2) is 13.1 Å². The molecular formula is C19H24N2O4S. The lowest BCUT2D eigenvalue weighted by Crippen LogP contribution is -2.37. The molecule has 0 atom stereocenters. The SMILES string of the molecule is CCOc1ccc(S(=O)(=O)NCCN(Cc2ccccc2)C(C)=O)cc1. The molecular weight excluding hydrogens is 352 g/mol. The smallest absolute Gasteiger partial charge is 0.240 e. The minimum absolute atomic E-state index is 0.103. The predicted octanol–water partition coefficient (Wildman–Crippen LogP) is 2.41. The molecule has 0 unspecified atom stereocenters. The van der Waals surface area contributed by atoms with E-state index in [1.54, 1.807) is 17.0 Å². The van der Waals surface area contributed by atoms with E-state index in [1.165, 1.54) is 19.1 Å². The van der Waals surface area contributed by atoms with E-state index in [-0.39, 0.29) is 17.3 Å². The topological polar surface area (TPSA) is 75.7 Å². The zero-order chi connectivity index (χ0) is 19.0. The number of carbonyl (C=O) groups is 1. The summed E-state index contributed by atoms with van der Waals surface area (Å²) in [5.41, 5.74) is 0.997. The van der Waals surface area contributed by atoms with Crippen molar-refractivity contribution < 1.29 is 17.9 Å². The molecule has 1 amide bonds.